The number of hydrogen-bond donors (Lipinski definition) is 1. The molecule has 1 aliphatic heterocycles. The molecule has 0 aliphatic carbocycles. The molecule has 0 saturated carbocycles. The second-order valence-electron chi connectivity index (χ2n) is 8.31. The van der Waals surface area contributed by atoms with E-state index in [4.69, 9.17) is 0 Å². The van der Waals surface area contributed by atoms with Crippen molar-refractivity contribution in [2.24, 2.45) is 5.10 Å². The van der Waals surface area contributed by atoms with Crippen LogP contribution in [-0.4, -0.2) is 47.3 Å². The molecule has 202 valence electrons. The van der Waals surface area contributed by atoms with Crippen LogP contribution in [-0.2, 0) is 25.0 Å². The number of aryl methyl sites for hydroxylation is 1. The Labute approximate surface area is 321 Å². The number of amides is 1. The van der Waals surface area contributed by atoms with Crippen molar-refractivity contribution in [1.29, 1.82) is 0 Å². The number of carbonyl (C=O) groups is 1. The molecule has 0 bridgehead atoms. The largest absolute Gasteiger partial charge is 1.00 e. The Morgan fingerprint density at radius 2 is 1.29 bits per heavy atom. The number of hydrazone groups is 1. The van der Waals surface area contributed by atoms with Gasteiger partial charge in [-0.1, -0.05) is 18.2 Å². The Bertz CT molecular complexity index is 1860. The molecule has 0 saturated heterocycles. The summed E-state index contributed by atoms with van der Waals surface area (Å²) in [6, 6.07) is 9.75. The van der Waals surface area contributed by atoms with Gasteiger partial charge in [0.2, 0.25) is 0 Å². The topological polar surface area (TPSA) is 185 Å². The van der Waals surface area contributed by atoms with E-state index in [-0.39, 0.29) is 103 Å². The second-order valence-corrected chi connectivity index (χ2v) is 11.1. The normalized spacial score (nSPS) is 14.9. The van der Waals surface area contributed by atoms with Crippen LogP contribution >= 0.6 is 0 Å². The molecule has 3 aromatic rings. The number of aromatic amines is 1. The van der Waals surface area contributed by atoms with E-state index in [1.165, 1.54) is 35.0 Å². The van der Waals surface area contributed by atoms with Gasteiger partial charge < -0.3 is 9.11 Å². The summed E-state index contributed by atoms with van der Waals surface area (Å²) in [5.41, 5.74) is 1.86. The molecule has 1 aliphatic rings. The second kappa shape index (κ2) is 14.6. The molecule has 0 spiro atoms. The minimum Gasteiger partial charge on any atom is -0.744 e. The van der Waals surface area contributed by atoms with Crippen LogP contribution in [0, 0.1) is 6.92 Å². The third-order valence-corrected chi connectivity index (χ3v) is 7.38. The third-order valence-electron chi connectivity index (χ3n) is 5.68. The number of hydrogen-bond acceptors (Lipinski definition) is 9. The number of allylic oxidation sites excluding steroid dienone is 4. The van der Waals surface area contributed by atoms with Gasteiger partial charge in [0, 0.05) is 5.69 Å². The van der Waals surface area contributed by atoms with Crippen LogP contribution in [0.2, 0.25) is 0 Å². The van der Waals surface area contributed by atoms with Gasteiger partial charge in [0.15, 0.2) is 0 Å². The SMILES string of the molecule is CC1=NN(c2ccc(S(=O)(=O)[O-])cc2)C(=O)\C1=C/C=C/C=C/c1c(C)[nH]n(-c2ccc(S(=O)(=O)[O-])cc2)c1=O.[K+].[K+]. The molecule has 12 nitrogen and oxygen atoms in total. The summed E-state index contributed by atoms with van der Waals surface area (Å²) < 4.78 is 67.9. The molecule has 2 heterocycles. The van der Waals surface area contributed by atoms with Crippen LogP contribution in [0.4, 0.5) is 5.69 Å². The van der Waals surface area contributed by atoms with E-state index in [0.29, 0.717) is 33.9 Å². The van der Waals surface area contributed by atoms with Crippen LogP contribution < -0.4 is 113 Å². The summed E-state index contributed by atoms with van der Waals surface area (Å²) >= 11 is 0. The van der Waals surface area contributed by atoms with Crippen molar-refractivity contribution < 1.29 is 134 Å². The Morgan fingerprint density at radius 3 is 1.80 bits per heavy atom. The number of aromatic nitrogens is 2. The smallest absolute Gasteiger partial charge is 0.744 e. The fourth-order valence-electron chi connectivity index (χ4n) is 3.71. The van der Waals surface area contributed by atoms with Gasteiger partial charge in [-0.15, -0.1) is 0 Å². The Balaban J connectivity index is 0.00000294. The van der Waals surface area contributed by atoms with Crippen molar-refractivity contribution >= 4 is 43.6 Å². The third kappa shape index (κ3) is 8.51. The van der Waals surface area contributed by atoms with Gasteiger partial charge in [-0.25, -0.2) is 21.5 Å². The maximum Gasteiger partial charge on any atom is 1.00 e. The van der Waals surface area contributed by atoms with Crippen molar-refractivity contribution in [3.05, 3.63) is 100 Å². The van der Waals surface area contributed by atoms with E-state index < -0.39 is 41.5 Å². The minimum atomic E-state index is -4.61. The summed E-state index contributed by atoms with van der Waals surface area (Å²) in [6.07, 6.45) is 7.88. The van der Waals surface area contributed by atoms with Gasteiger partial charge >= 0.3 is 103 Å². The number of rotatable bonds is 7. The number of anilines is 1. The predicted octanol–water partition coefficient (Wildman–Crippen LogP) is -3.79. The zero-order valence-corrected chi connectivity index (χ0v) is 30.3. The summed E-state index contributed by atoms with van der Waals surface area (Å²) in [7, 11) is -9.21. The molecule has 16 heteroatoms. The van der Waals surface area contributed by atoms with Gasteiger partial charge in [-0.2, -0.15) is 10.1 Å². The molecule has 1 amide bonds. The first kappa shape index (κ1) is 36.1. The van der Waals surface area contributed by atoms with Crippen LogP contribution in [0.3, 0.4) is 0 Å². The Hall–Kier alpha value is -1.10. The van der Waals surface area contributed by atoms with Gasteiger partial charge in [0.1, 0.15) is 20.2 Å². The van der Waals surface area contributed by atoms with Crippen molar-refractivity contribution in [3.63, 3.8) is 0 Å². The number of nitrogens with zero attached hydrogens (tertiary/aromatic N) is 3. The first-order valence-electron chi connectivity index (χ1n) is 11.2. The first-order chi connectivity index (χ1) is 18.3. The summed E-state index contributed by atoms with van der Waals surface area (Å²) in [5.74, 6) is -0.445. The number of H-pyrrole nitrogens is 1. The molecule has 2 aromatic carbocycles. The maximum absolute atomic E-state index is 12.8. The number of carbonyl (C=O) groups excluding carboxylic acids is 1. The molecule has 1 aromatic heterocycles. The Morgan fingerprint density at radius 1 is 0.780 bits per heavy atom. The molecular formula is C25H20K2N4O8S2. The first-order valence-corrected chi connectivity index (χ1v) is 14.0. The van der Waals surface area contributed by atoms with Crippen molar-refractivity contribution in [2.75, 3.05) is 5.01 Å². The van der Waals surface area contributed by atoms with Gasteiger partial charge in [-0.05, 0) is 74.5 Å². The van der Waals surface area contributed by atoms with E-state index in [9.17, 15) is 35.5 Å². The average molecular weight is 647 g/mol. The molecule has 41 heavy (non-hydrogen) atoms. The summed E-state index contributed by atoms with van der Waals surface area (Å²) in [4.78, 5) is 24.8. The monoisotopic (exact) mass is 646 g/mol. The molecule has 4 rings (SSSR count). The quantitative estimate of drug-likeness (QED) is 0.117. The summed E-state index contributed by atoms with van der Waals surface area (Å²) in [5, 5.41) is 8.17. The fourth-order valence-corrected chi connectivity index (χ4v) is 4.65. The Kier molecular flexibility index (Phi) is 12.8. The van der Waals surface area contributed by atoms with Crippen molar-refractivity contribution in [2.45, 2.75) is 23.6 Å². The van der Waals surface area contributed by atoms with E-state index in [1.807, 2.05) is 0 Å². The molecule has 1 N–H and O–H groups in total. The van der Waals surface area contributed by atoms with Crippen molar-refractivity contribution in [3.8, 4) is 5.69 Å². The standard InChI is InChI=1S/C25H22N4O8S2.2K/c1-16-22(24(30)28(26-16)18-8-12-20(13-9-18)38(32,33)34)6-4-3-5-7-23-17(2)27-29(25(23)31)19-10-14-21(15-11-19)39(35,36)37;;/h3-15,26H,1-2H3,(H,32,33,34)(H,35,36,37);;/q;2*+1/p-2/b5-3+,6-4+,23-7-;;. The van der Waals surface area contributed by atoms with Crippen molar-refractivity contribution in [1.82, 2.24) is 9.78 Å². The predicted molar refractivity (Wildman–Crippen MR) is 140 cm³/mol. The van der Waals surface area contributed by atoms with Crippen LogP contribution in [0.15, 0.2) is 98.1 Å². The van der Waals surface area contributed by atoms with Gasteiger partial charge in [0.05, 0.1) is 38.0 Å². The zero-order valence-electron chi connectivity index (χ0n) is 22.4. The van der Waals surface area contributed by atoms with E-state index in [0.717, 1.165) is 29.3 Å². The van der Waals surface area contributed by atoms with E-state index in [2.05, 4.69) is 10.2 Å². The fraction of sp³-hybridized carbons (Fsp3) is 0.0800. The molecule has 0 radical (unpaired) electrons. The van der Waals surface area contributed by atoms with E-state index in [1.54, 1.807) is 38.2 Å². The molecule has 0 fully saturated rings. The molecule has 0 unspecified atom stereocenters. The van der Waals surface area contributed by atoms with Gasteiger partial charge in [0.25, 0.3) is 11.5 Å². The zero-order chi connectivity index (χ0) is 28.5. The molecular weight excluding hydrogens is 627 g/mol. The minimum absolute atomic E-state index is 0. The summed E-state index contributed by atoms with van der Waals surface area (Å²) in [6.45, 7) is 3.32. The number of nitrogens with one attached hydrogen (secondary N) is 1. The molecule has 0 atom stereocenters. The number of benzene rings is 2. The van der Waals surface area contributed by atoms with Gasteiger partial charge in [-0.3, -0.25) is 14.7 Å². The van der Waals surface area contributed by atoms with Crippen LogP contribution in [0.25, 0.3) is 11.8 Å². The van der Waals surface area contributed by atoms with Crippen LogP contribution in [0.5, 0.6) is 0 Å². The average Bonchev–Trinajstić information content (AvgIpc) is 3.32. The van der Waals surface area contributed by atoms with E-state index >= 15 is 0 Å². The van der Waals surface area contributed by atoms with Crippen LogP contribution in [0.1, 0.15) is 18.2 Å². The maximum atomic E-state index is 12.8.